The van der Waals surface area contributed by atoms with E-state index in [-0.39, 0.29) is 24.8 Å². The van der Waals surface area contributed by atoms with Gasteiger partial charge in [0, 0.05) is 16.7 Å². The summed E-state index contributed by atoms with van der Waals surface area (Å²) in [6.45, 7) is 7.00. The van der Waals surface area contributed by atoms with Crippen LogP contribution in [-0.2, 0) is 0 Å². The van der Waals surface area contributed by atoms with Crippen LogP contribution in [0.15, 0.2) is 18.2 Å². The number of benzene rings is 1. The molecule has 1 nitrogen and oxygen atoms in total. The molecule has 1 aromatic carbocycles. The maximum atomic E-state index is 5.69. The molecule has 1 rings (SSSR count). The molecule has 0 unspecified atom stereocenters. The van der Waals surface area contributed by atoms with Crippen LogP contribution >= 0.6 is 24.0 Å². The molecular weight excluding hydrogens is 216 g/mol. The molecule has 0 radical (unpaired) electrons. The fourth-order valence-corrected chi connectivity index (χ4v) is 0.990. The lowest BCUT2D eigenvalue weighted by molar-refractivity contribution is -0.00000216. The average molecular weight is 225 g/mol. The quantitative estimate of drug-likeness (QED) is 0.610. The first-order chi connectivity index (χ1) is 4.74. The highest BCUT2D eigenvalue weighted by Gasteiger charge is 2.04. The van der Waals surface area contributed by atoms with Crippen LogP contribution in [0.2, 0.25) is 5.02 Å². The molecule has 12 heavy (non-hydrogen) atoms. The van der Waals surface area contributed by atoms with Gasteiger partial charge in [-0.3, -0.25) is 0 Å². The summed E-state index contributed by atoms with van der Waals surface area (Å²) < 4.78 is 0. The number of halogens is 3. The van der Waals surface area contributed by atoms with Crippen molar-refractivity contribution in [3.63, 3.8) is 0 Å². The van der Waals surface area contributed by atoms with Gasteiger partial charge in [0.1, 0.15) is 0 Å². The monoisotopic (exact) mass is 223 g/mol. The van der Waals surface area contributed by atoms with Gasteiger partial charge in [0.15, 0.2) is 0 Å². The highest BCUT2D eigenvalue weighted by molar-refractivity contribution is 6.30. The first-order valence-corrected chi connectivity index (χ1v) is 3.29. The van der Waals surface area contributed by atoms with Gasteiger partial charge >= 0.3 is 5.69 Å². The van der Waals surface area contributed by atoms with Crippen LogP contribution in [0, 0.1) is 13.5 Å². The summed E-state index contributed by atoms with van der Waals surface area (Å²) in [5, 5.41) is 0.713. The number of hydrogen-bond donors (Lipinski definition) is 0. The van der Waals surface area contributed by atoms with Gasteiger partial charge < -0.3 is 12.4 Å². The van der Waals surface area contributed by atoms with E-state index in [0.717, 1.165) is 11.3 Å². The molecule has 66 valence electrons. The zero-order valence-electron chi connectivity index (χ0n) is 6.42. The van der Waals surface area contributed by atoms with E-state index in [9.17, 15) is 0 Å². The molecule has 0 heterocycles. The molecule has 0 aliphatic carbocycles. The predicted octanol–water partition coefficient (Wildman–Crippen LogP) is 0.668. The van der Waals surface area contributed by atoms with Crippen LogP contribution in [-0.4, -0.2) is 0 Å². The molecule has 0 fully saturated rings. The molecule has 1 aromatic rings. The van der Waals surface area contributed by atoms with Gasteiger partial charge in [-0.25, -0.2) is 0 Å². The zero-order chi connectivity index (χ0) is 7.56. The van der Waals surface area contributed by atoms with Crippen LogP contribution in [0.1, 0.15) is 5.56 Å². The van der Waals surface area contributed by atoms with Crippen molar-refractivity contribution < 1.29 is 12.4 Å². The molecule has 0 amide bonds. The predicted molar refractivity (Wildman–Crippen MR) is 51.4 cm³/mol. The van der Waals surface area contributed by atoms with Crippen LogP contribution in [0.3, 0.4) is 0 Å². The van der Waals surface area contributed by atoms with Gasteiger partial charge in [0.2, 0.25) is 0 Å². The molecule has 0 bridgehead atoms. The van der Waals surface area contributed by atoms with E-state index in [1.54, 1.807) is 12.1 Å². The van der Waals surface area contributed by atoms with E-state index in [1.165, 1.54) is 0 Å². The maximum absolute atomic E-state index is 5.69. The molecule has 4 heteroatoms. The van der Waals surface area contributed by atoms with Crippen LogP contribution in [0.5, 0.6) is 0 Å². The number of hydrogen-bond acceptors (Lipinski definition) is 0. The molecule has 0 spiro atoms. The lowest BCUT2D eigenvalue weighted by Gasteiger charge is -1.88. The molecule has 0 aliphatic heterocycles. The summed E-state index contributed by atoms with van der Waals surface area (Å²) in [4.78, 5) is 3.55. The van der Waals surface area contributed by atoms with Crippen molar-refractivity contribution in [1.82, 2.24) is 0 Å². The number of rotatable bonds is 0. The summed E-state index contributed by atoms with van der Waals surface area (Å²) in [6.07, 6.45) is 0. The standard InChI is InChI=1S/C8H7ClN.2ClH/c1-6-5-7(9)3-4-8(6)10-2;;/h2-5H,1H3;2*1H/q+1;;/p-1. The van der Waals surface area contributed by atoms with Crippen molar-refractivity contribution in [2.45, 2.75) is 6.92 Å². The smallest absolute Gasteiger partial charge is 0.342 e. The Bertz CT molecular complexity index is 291. The lowest BCUT2D eigenvalue weighted by Crippen LogP contribution is -3.00. The van der Waals surface area contributed by atoms with Crippen molar-refractivity contribution in [1.29, 1.82) is 0 Å². The number of nitrogens with zero attached hydrogens (tertiary/aromatic N) is 1. The van der Waals surface area contributed by atoms with Gasteiger partial charge in [0.25, 0.3) is 6.57 Å². The minimum absolute atomic E-state index is 0. The van der Waals surface area contributed by atoms with Gasteiger partial charge in [0.05, 0.1) is 0 Å². The Kier molecular flexibility index (Phi) is 7.22. The Labute approximate surface area is 89.4 Å². The molecule has 0 saturated heterocycles. The van der Waals surface area contributed by atoms with Crippen molar-refractivity contribution in [3.8, 4) is 6.57 Å². The Morgan fingerprint density at radius 2 is 2.00 bits per heavy atom. The van der Waals surface area contributed by atoms with Crippen LogP contribution in [0.4, 0.5) is 5.69 Å². The summed E-state index contributed by atoms with van der Waals surface area (Å²) in [7, 11) is 0. The van der Waals surface area contributed by atoms with E-state index in [2.05, 4.69) is 4.85 Å². The van der Waals surface area contributed by atoms with Crippen LogP contribution < -0.4 is 12.4 Å². The maximum Gasteiger partial charge on any atom is 0.342 e. The zero-order valence-corrected chi connectivity index (χ0v) is 8.75. The van der Waals surface area contributed by atoms with E-state index >= 15 is 0 Å². The van der Waals surface area contributed by atoms with E-state index in [0.29, 0.717) is 5.02 Å². The van der Waals surface area contributed by atoms with Gasteiger partial charge in [-0.2, -0.15) is 0 Å². The molecular formula is C8H8Cl3N. The SMILES string of the molecule is C#[N+]c1ccc(Cl)cc1C.Cl.[Cl-]. The van der Waals surface area contributed by atoms with Crippen molar-refractivity contribution in [2.75, 3.05) is 0 Å². The third-order valence-electron chi connectivity index (χ3n) is 1.30. The van der Waals surface area contributed by atoms with Gasteiger partial charge in [-0.15, -0.1) is 12.4 Å². The minimum Gasteiger partial charge on any atom is -1.00 e. The Balaban J connectivity index is 0. The second-order valence-electron chi connectivity index (χ2n) is 2.06. The van der Waals surface area contributed by atoms with E-state index < -0.39 is 0 Å². The second kappa shape index (κ2) is 6.14. The first kappa shape index (κ1) is 14.1. The van der Waals surface area contributed by atoms with Crippen molar-refractivity contribution >= 4 is 29.7 Å². The lowest BCUT2D eigenvalue weighted by atomic mass is 10.2. The van der Waals surface area contributed by atoms with E-state index in [4.69, 9.17) is 18.2 Å². The second-order valence-corrected chi connectivity index (χ2v) is 2.50. The highest BCUT2D eigenvalue weighted by Crippen LogP contribution is 2.21. The molecule has 0 aromatic heterocycles. The number of aryl methyl sites for hydroxylation is 1. The van der Waals surface area contributed by atoms with Gasteiger partial charge in [-0.1, -0.05) is 11.6 Å². The van der Waals surface area contributed by atoms with Gasteiger partial charge in [-0.05, 0) is 23.9 Å². The van der Waals surface area contributed by atoms with Crippen molar-refractivity contribution in [2.24, 2.45) is 0 Å². The largest absolute Gasteiger partial charge is 1.00 e. The Morgan fingerprint density at radius 3 is 2.42 bits per heavy atom. The van der Waals surface area contributed by atoms with Crippen LogP contribution in [0.25, 0.3) is 4.85 Å². The first-order valence-electron chi connectivity index (χ1n) is 2.91. The summed E-state index contributed by atoms with van der Waals surface area (Å²) >= 11 is 5.69. The molecule has 0 N–H and O–H groups in total. The van der Waals surface area contributed by atoms with Crippen molar-refractivity contribution in [3.05, 3.63) is 33.6 Å². The topological polar surface area (TPSA) is 4.36 Å². The summed E-state index contributed by atoms with van der Waals surface area (Å²) in [6, 6.07) is 5.38. The highest BCUT2D eigenvalue weighted by atomic mass is 35.5. The Hall–Kier alpha value is -0.420. The Morgan fingerprint density at radius 1 is 1.42 bits per heavy atom. The average Bonchev–Trinajstić information content (AvgIpc) is 1.88. The fraction of sp³-hybridized carbons (Fsp3) is 0.125. The normalized spacial score (nSPS) is 7.42. The fourth-order valence-electron chi connectivity index (χ4n) is 0.764. The summed E-state index contributed by atoms with van der Waals surface area (Å²) in [5.74, 6) is 0. The third-order valence-corrected chi connectivity index (χ3v) is 1.53. The molecule has 0 atom stereocenters. The minimum atomic E-state index is 0. The summed E-state index contributed by atoms with van der Waals surface area (Å²) in [5.41, 5.74) is 1.78. The third kappa shape index (κ3) is 3.32. The molecule has 0 aliphatic rings. The van der Waals surface area contributed by atoms with E-state index in [1.807, 2.05) is 13.0 Å². The molecule has 0 saturated carbocycles.